The second-order valence-corrected chi connectivity index (χ2v) is 4.72. The Kier molecular flexibility index (Phi) is 3.13. The SMILES string of the molecule is CC(C)CCCn1cnc2cc(N)ccc21. The summed E-state index contributed by atoms with van der Waals surface area (Å²) in [5, 5.41) is 0. The number of imidazole rings is 1. The van der Waals surface area contributed by atoms with Crippen LogP contribution in [-0.4, -0.2) is 9.55 Å². The Hall–Kier alpha value is -1.51. The molecule has 16 heavy (non-hydrogen) atoms. The van der Waals surface area contributed by atoms with Crippen molar-refractivity contribution >= 4 is 16.7 Å². The lowest BCUT2D eigenvalue weighted by Gasteiger charge is -2.06. The molecular formula is C13H19N3. The molecule has 1 aromatic carbocycles. The lowest BCUT2D eigenvalue weighted by Crippen LogP contribution is -1.98. The quantitative estimate of drug-likeness (QED) is 0.800. The van der Waals surface area contributed by atoms with Crippen molar-refractivity contribution in [3.8, 4) is 0 Å². The van der Waals surface area contributed by atoms with Gasteiger partial charge in [-0.15, -0.1) is 0 Å². The van der Waals surface area contributed by atoms with Gasteiger partial charge in [0.15, 0.2) is 0 Å². The molecule has 2 N–H and O–H groups in total. The number of nitrogens with zero attached hydrogens (tertiary/aromatic N) is 2. The highest BCUT2D eigenvalue weighted by molar-refractivity contribution is 5.78. The molecule has 0 fully saturated rings. The summed E-state index contributed by atoms with van der Waals surface area (Å²) in [7, 11) is 0. The zero-order valence-corrected chi connectivity index (χ0v) is 9.98. The van der Waals surface area contributed by atoms with Gasteiger partial charge in [0, 0.05) is 12.2 Å². The van der Waals surface area contributed by atoms with Crippen molar-refractivity contribution in [2.45, 2.75) is 33.2 Å². The second kappa shape index (κ2) is 4.56. The zero-order valence-electron chi connectivity index (χ0n) is 9.98. The Bertz CT molecular complexity index is 471. The van der Waals surface area contributed by atoms with E-state index >= 15 is 0 Å². The fourth-order valence-corrected chi connectivity index (χ4v) is 1.93. The summed E-state index contributed by atoms with van der Waals surface area (Å²) in [5.74, 6) is 0.769. The van der Waals surface area contributed by atoms with Crippen LogP contribution in [0.1, 0.15) is 26.7 Å². The predicted molar refractivity (Wildman–Crippen MR) is 68.2 cm³/mol. The van der Waals surface area contributed by atoms with E-state index in [4.69, 9.17) is 5.73 Å². The molecular weight excluding hydrogens is 198 g/mol. The van der Waals surface area contributed by atoms with Crippen LogP contribution in [0.25, 0.3) is 11.0 Å². The van der Waals surface area contributed by atoms with Crippen LogP contribution in [0.4, 0.5) is 5.69 Å². The summed E-state index contributed by atoms with van der Waals surface area (Å²) in [4.78, 5) is 4.36. The summed E-state index contributed by atoms with van der Waals surface area (Å²) in [6.45, 7) is 5.55. The molecule has 0 spiro atoms. The maximum Gasteiger partial charge on any atom is 0.0958 e. The highest BCUT2D eigenvalue weighted by Crippen LogP contribution is 2.17. The molecule has 0 bridgehead atoms. The van der Waals surface area contributed by atoms with Crippen molar-refractivity contribution in [1.29, 1.82) is 0 Å². The summed E-state index contributed by atoms with van der Waals surface area (Å²) in [5.41, 5.74) is 8.67. The third kappa shape index (κ3) is 2.35. The van der Waals surface area contributed by atoms with Crippen LogP contribution in [0.3, 0.4) is 0 Å². The van der Waals surface area contributed by atoms with Crippen molar-refractivity contribution in [3.05, 3.63) is 24.5 Å². The minimum absolute atomic E-state index is 0.769. The summed E-state index contributed by atoms with van der Waals surface area (Å²) < 4.78 is 2.21. The average molecular weight is 217 g/mol. The molecule has 1 aromatic heterocycles. The van der Waals surface area contributed by atoms with Gasteiger partial charge < -0.3 is 10.3 Å². The normalized spacial score (nSPS) is 11.4. The molecule has 3 nitrogen and oxygen atoms in total. The van der Waals surface area contributed by atoms with Gasteiger partial charge in [0.2, 0.25) is 0 Å². The third-order valence-corrected chi connectivity index (χ3v) is 2.83. The number of aryl methyl sites for hydroxylation is 1. The van der Waals surface area contributed by atoms with Gasteiger partial charge in [0.25, 0.3) is 0 Å². The molecule has 86 valence electrons. The first-order chi connectivity index (χ1) is 7.66. The Balaban J connectivity index is 2.13. The fourth-order valence-electron chi connectivity index (χ4n) is 1.93. The Morgan fingerprint density at radius 2 is 2.19 bits per heavy atom. The number of benzene rings is 1. The van der Waals surface area contributed by atoms with Crippen LogP contribution >= 0.6 is 0 Å². The van der Waals surface area contributed by atoms with E-state index in [1.165, 1.54) is 18.4 Å². The molecule has 2 rings (SSSR count). The molecule has 2 aromatic rings. The molecule has 0 radical (unpaired) electrons. The zero-order chi connectivity index (χ0) is 11.5. The highest BCUT2D eigenvalue weighted by Gasteiger charge is 2.02. The van der Waals surface area contributed by atoms with Gasteiger partial charge in [-0.2, -0.15) is 0 Å². The number of rotatable bonds is 4. The molecule has 0 atom stereocenters. The Morgan fingerprint density at radius 3 is 2.94 bits per heavy atom. The summed E-state index contributed by atoms with van der Waals surface area (Å²) in [6, 6.07) is 5.91. The van der Waals surface area contributed by atoms with Crippen LogP contribution in [0.5, 0.6) is 0 Å². The van der Waals surface area contributed by atoms with Gasteiger partial charge in [-0.1, -0.05) is 13.8 Å². The number of fused-ring (bicyclic) bond motifs is 1. The molecule has 0 saturated carbocycles. The van der Waals surface area contributed by atoms with Crippen LogP contribution in [0, 0.1) is 5.92 Å². The van der Waals surface area contributed by atoms with Gasteiger partial charge in [-0.25, -0.2) is 4.98 Å². The molecule has 3 heteroatoms. The highest BCUT2D eigenvalue weighted by atomic mass is 15.0. The van der Waals surface area contributed by atoms with Crippen molar-refractivity contribution in [2.24, 2.45) is 5.92 Å². The standard InChI is InChI=1S/C13H19N3/c1-10(2)4-3-7-16-9-15-12-8-11(14)5-6-13(12)16/h5-6,8-10H,3-4,7,14H2,1-2H3. The lowest BCUT2D eigenvalue weighted by atomic mass is 10.1. The monoisotopic (exact) mass is 217 g/mol. The molecule has 0 aliphatic rings. The maximum atomic E-state index is 5.72. The molecule has 0 unspecified atom stereocenters. The fraction of sp³-hybridized carbons (Fsp3) is 0.462. The molecule has 1 heterocycles. The second-order valence-electron chi connectivity index (χ2n) is 4.72. The van der Waals surface area contributed by atoms with Gasteiger partial charge in [-0.3, -0.25) is 0 Å². The van der Waals surface area contributed by atoms with Crippen LogP contribution < -0.4 is 5.73 Å². The van der Waals surface area contributed by atoms with E-state index in [-0.39, 0.29) is 0 Å². The summed E-state index contributed by atoms with van der Waals surface area (Å²) >= 11 is 0. The minimum atomic E-state index is 0.769. The van der Waals surface area contributed by atoms with Crippen LogP contribution in [0.2, 0.25) is 0 Å². The number of hydrogen-bond donors (Lipinski definition) is 1. The van der Waals surface area contributed by atoms with Gasteiger partial charge in [0.1, 0.15) is 0 Å². The predicted octanol–water partition coefficient (Wildman–Crippen LogP) is 3.05. The van der Waals surface area contributed by atoms with E-state index in [9.17, 15) is 0 Å². The Labute approximate surface area is 96.3 Å². The van der Waals surface area contributed by atoms with Crippen molar-refractivity contribution in [2.75, 3.05) is 5.73 Å². The Morgan fingerprint density at radius 1 is 1.38 bits per heavy atom. The smallest absolute Gasteiger partial charge is 0.0958 e. The molecule has 0 saturated heterocycles. The maximum absolute atomic E-state index is 5.72. The van der Waals surface area contributed by atoms with E-state index in [1.807, 2.05) is 24.5 Å². The van der Waals surface area contributed by atoms with E-state index in [2.05, 4.69) is 23.4 Å². The van der Waals surface area contributed by atoms with Crippen molar-refractivity contribution in [3.63, 3.8) is 0 Å². The first-order valence-corrected chi connectivity index (χ1v) is 5.87. The van der Waals surface area contributed by atoms with E-state index < -0.39 is 0 Å². The number of aromatic nitrogens is 2. The number of nitrogen functional groups attached to an aromatic ring is 1. The van der Waals surface area contributed by atoms with Gasteiger partial charge in [-0.05, 0) is 37.0 Å². The van der Waals surface area contributed by atoms with Crippen molar-refractivity contribution < 1.29 is 0 Å². The van der Waals surface area contributed by atoms with Gasteiger partial charge in [0.05, 0.1) is 17.4 Å². The largest absolute Gasteiger partial charge is 0.399 e. The molecule has 0 amide bonds. The lowest BCUT2D eigenvalue weighted by molar-refractivity contribution is 0.516. The number of hydrogen-bond acceptors (Lipinski definition) is 2. The third-order valence-electron chi connectivity index (χ3n) is 2.83. The molecule has 0 aliphatic heterocycles. The first kappa shape index (κ1) is 11.0. The van der Waals surface area contributed by atoms with Gasteiger partial charge >= 0.3 is 0 Å². The van der Waals surface area contributed by atoms with E-state index in [0.717, 1.165) is 23.7 Å². The van der Waals surface area contributed by atoms with E-state index in [1.54, 1.807) is 0 Å². The van der Waals surface area contributed by atoms with Crippen molar-refractivity contribution in [1.82, 2.24) is 9.55 Å². The van der Waals surface area contributed by atoms with Crippen LogP contribution in [0.15, 0.2) is 24.5 Å². The number of nitrogens with two attached hydrogens (primary N) is 1. The summed E-state index contributed by atoms with van der Waals surface area (Å²) in [6.07, 6.45) is 4.37. The first-order valence-electron chi connectivity index (χ1n) is 5.87. The topological polar surface area (TPSA) is 43.8 Å². The number of anilines is 1. The van der Waals surface area contributed by atoms with Crippen LogP contribution in [-0.2, 0) is 6.54 Å². The minimum Gasteiger partial charge on any atom is -0.399 e. The molecule has 0 aliphatic carbocycles. The average Bonchev–Trinajstić information content (AvgIpc) is 2.60. The van der Waals surface area contributed by atoms with E-state index in [0.29, 0.717) is 0 Å².